The molecule has 1 aliphatic heterocycles. The van der Waals surface area contributed by atoms with Crippen molar-refractivity contribution < 1.29 is 4.39 Å². The molecule has 0 fully saturated rings. The van der Waals surface area contributed by atoms with Crippen LogP contribution in [0.4, 0.5) is 4.39 Å². The minimum Gasteiger partial charge on any atom is -0.292 e. The lowest BCUT2D eigenvalue weighted by Gasteiger charge is -2.16. The van der Waals surface area contributed by atoms with Gasteiger partial charge in [0.1, 0.15) is 0 Å². The number of hydrogen-bond donors (Lipinski definition) is 0. The smallest absolute Gasteiger partial charge is 0.213 e. The highest BCUT2D eigenvalue weighted by atomic mass is 19.1. The van der Waals surface area contributed by atoms with Gasteiger partial charge >= 0.3 is 0 Å². The molecule has 0 N–H and O–H groups in total. The van der Waals surface area contributed by atoms with Crippen molar-refractivity contribution in [1.82, 2.24) is 9.97 Å². The Morgan fingerprint density at radius 2 is 2.14 bits per heavy atom. The highest BCUT2D eigenvalue weighted by molar-refractivity contribution is 6.09. The van der Waals surface area contributed by atoms with Crippen LogP contribution in [0.1, 0.15) is 17.7 Å². The van der Waals surface area contributed by atoms with Gasteiger partial charge in [-0.25, -0.2) is 4.98 Å². The van der Waals surface area contributed by atoms with E-state index in [1.54, 1.807) is 18.5 Å². The summed E-state index contributed by atoms with van der Waals surface area (Å²) in [6.07, 6.45) is 9.57. The second-order valence-corrected chi connectivity index (χ2v) is 5.12. The summed E-state index contributed by atoms with van der Waals surface area (Å²) in [5.74, 6) is -0.102. The average molecular weight is 281 g/mol. The number of rotatable bonds is 4. The lowest BCUT2D eigenvalue weighted by atomic mass is 9.95. The largest absolute Gasteiger partial charge is 0.292 e. The third-order valence-electron chi connectivity index (χ3n) is 3.52. The van der Waals surface area contributed by atoms with Crippen LogP contribution in [0.5, 0.6) is 0 Å². The van der Waals surface area contributed by atoms with Crippen molar-refractivity contribution in [1.29, 1.82) is 0 Å². The molecule has 4 heteroatoms. The Kier molecular flexibility index (Phi) is 4.15. The van der Waals surface area contributed by atoms with Crippen molar-refractivity contribution in [3.63, 3.8) is 0 Å². The molecule has 1 aliphatic rings. The normalized spacial score (nSPS) is 17.6. The van der Waals surface area contributed by atoms with Gasteiger partial charge in [0.25, 0.3) is 0 Å². The van der Waals surface area contributed by atoms with E-state index in [1.165, 1.54) is 11.6 Å². The number of hydrogen-bond acceptors (Lipinski definition) is 3. The minimum absolute atomic E-state index is 0.357. The van der Waals surface area contributed by atoms with E-state index in [1.807, 2.05) is 18.3 Å². The summed E-state index contributed by atoms with van der Waals surface area (Å²) in [4.78, 5) is 12.4. The first-order valence-electron chi connectivity index (χ1n) is 7.05. The SMILES string of the molecule is Fc1cccc(C2=CC(CCc3cccnc3)CN=C2)n1. The van der Waals surface area contributed by atoms with Gasteiger partial charge in [0.15, 0.2) is 0 Å². The van der Waals surface area contributed by atoms with Crippen LogP contribution in [0.2, 0.25) is 0 Å². The summed E-state index contributed by atoms with van der Waals surface area (Å²) in [5, 5.41) is 0. The van der Waals surface area contributed by atoms with Gasteiger partial charge < -0.3 is 0 Å². The molecule has 0 saturated heterocycles. The predicted octanol–water partition coefficient (Wildman–Crippen LogP) is 3.33. The number of halogens is 1. The molecule has 1 unspecified atom stereocenters. The number of aryl methyl sites for hydroxylation is 1. The molecular weight excluding hydrogens is 265 g/mol. The van der Waals surface area contributed by atoms with Gasteiger partial charge in [-0.05, 0) is 42.5 Å². The van der Waals surface area contributed by atoms with Crippen LogP contribution in [0.15, 0.2) is 53.8 Å². The standard InChI is InChI=1S/C17H16FN3/c18-17-5-1-4-16(21-17)15-9-14(11-20-12-15)7-6-13-3-2-8-19-10-13/h1-5,8-10,12,14H,6-7,11H2. The number of dihydropyridines is 1. The Morgan fingerprint density at radius 1 is 1.19 bits per heavy atom. The molecule has 2 aromatic heterocycles. The van der Waals surface area contributed by atoms with Crippen LogP contribution in [0.25, 0.3) is 5.57 Å². The van der Waals surface area contributed by atoms with Crippen LogP contribution in [0.3, 0.4) is 0 Å². The van der Waals surface area contributed by atoms with Gasteiger partial charge in [-0.3, -0.25) is 9.98 Å². The van der Waals surface area contributed by atoms with Crippen LogP contribution in [0, 0.1) is 11.9 Å². The fraction of sp³-hybridized carbons (Fsp3) is 0.235. The first-order valence-corrected chi connectivity index (χ1v) is 7.05. The van der Waals surface area contributed by atoms with E-state index in [0.29, 0.717) is 11.6 Å². The van der Waals surface area contributed by atoms with E-state index in [9.17, 15) is 4.39 Å². The molecular formula is C17H16FN3. The summed E-state index contributed by atoms with van der Waals surface area (Å²) in [7, 11) is 0. The number of aliphatic imine (C=N–C) groups is 1. The average Bonchev–Trinajstić information content (AvgIpc) is 2.54. The van der Waals surface area contributed by atoms with E-state index in [4.69, 9.17) is 0 Å². The Morgan fingerprint density at radius 3 is 2.95 bits per heavy atom. The topological polar surface area (TPSA) is 38.1 Å². The Hall–Kier alpha value is -2.36. The highest BCUT2D eigenvalue weighted by Crippen LogP contribution is 2.21. The molecule has 21 heavy (non-hydrogen) atoms. The van der Waals surface area contributed by atoms with Gasteiger partial charge in [0.05, 0.1) is 5.69 Å². The zero-order valence-electron chi connectivity index (χ0n) is 11.6. The van der Waals surface area contributed by atoms with Crippen molar-refractivity contribution in [3.05, 3.63) is 66.0 Å². The highest BCUT2D eigenvalue weighted by Gasteiger charge is 2.13. The Balaban J connectivity index is 1.69. The summed E-state index contributed by atoms with van der Waals surface area (Å²) < 4.78 is 13.2. The lowest BCUT2D eigenvalue weighted by molar-refractivity contribution is 0.581. The minimum atomic E-state index is -0.459. The van der Waals surface area contributed by atoms with E-state index >= 15 is 0 Å². The molecule has 106 valence electrons. The monoisotopic (exact) mass is 281 g/mol. The van der Waals surface area contributed by atoms with Crippen LogP contribution >= 0.6 is 0 Å². The third kappa shape index (κ3) is 3.60. The van der Waals surface area contributed by atoms with Crippen molar-refractivity contribution >= 4 is 11.8 Å². The van der Waals surface area contributed by atoms with E-state index in [0.717, 1.165) is 25.0 Å². The second kappa shape index (κ2) is 6.39. The number of pyridine rings is 2. The molecule has 0 amide bonds. The van der Waals surface area contributed by atoms with Crippen molar-refractivity contribution in [2.45, 2.75) is 12.8 Å². The molecule has 0 aromatic carbocycles. The molecule has 0 bridgehead atoms. The first kappa shape index (κ1) is 13.6. The Bertz CT molecular complexity index is 665. The quantitative estimate of drug-likeness (QED) is 0.806. The van der Waals surface area contributed by atoms with E-state index in [2.05, 4.69) is 27.1 Å². The van der Waals surface area contributed by atoms with Crippen LogP contribution < -0.4 is 0 Å². The Labute approximate surface area is 123 Å². The second-order valence-electron chi connectivity index (χ2n) is 5.12. The molecule has 0 radical (unpaired) electrons. The summed E-state index contributed by atoms with van der Waals surface area (Å²) >= 11 is 0. The van der Waals surface area contributed by atoms with Gasteiger partial charge in [0.2, 0.25) is 5.95 Å². The van der Waals surface area contributed by atoms with Gasteiger partial charge in [0, 0.05) is 30.7 Å². The van der Waals surface area contributed by atoms with Crippen molar-refractivity contribution in [2.24, 2.45) is 10.9 Å². The van der Waals surface area contributed by atoms with Crippen molar-refractivity contribution in [2.75, 3.05) is 6.54 Å². The van der Waals surface area contributed by atoms with Gasteiger partial charge in [-0.15, -0.1) is 0 Å². The lowest BCUT2D eigenvalue weighted by Crippen LogP contribution is -2.10. The molecule has 3 nitrogen and oxygen atoms in total. The van der Waals surface area contributed by atoms with Gasteiger partial charge in [-0.2, -0.15) is 4.39 Å². The molecule has 2 aromatic rings. The molecule has 3 rings (SSSR count). The summed E-state index contributed by atoms with van der Waals surface area (Å²) in [6, 6.07) is 8.87. The predicted molar refractivity (Wildman–Crippen MR) is 81.6 cm³/mol. The summed E-state index contributed by atoms with van der Waals surface area (Å²) in [6.45, 7) is 0.777. The molecule has 1 atom stereocenters. The maximum atomic E-state index is 13.2. The third-order valence-corrected chi connectivity index (χ3v) is 3.52. The molecule has 0 spiro atoms. The maximum absolute atomic E-state index is 13.2. The number of allylic oxidation sites excluding steroid dienone is 1. The van der Waals surface area contributed by atoms with Gasteiger partial charge in [-0.1, -0.05) is 18.2 Å². The van der Waals surface area contributed by atoms with E-state index < -0.39 is 5.95 Å². The molecule has 0 aliphatic carbocycles. The number of aromatic nitrogens is 2. The van der Waals surface area contributed by atoms with Crippen molar-refractivity contribution in [3.8, 4) is 0 Å². The molecule has 3 heterocycles. The molecule has 0 saturated carbocycles. The zero-order chi connectivity index (χ0) is 14.5. The fourth-order valence-corrected chi connectivity index (χ4v) is 2.43. The van der Waals surface area contributed by atoms with Crippen LogP contribution in [-0.2, 0) is 6.42 Å². The summed E-state index contributed by atoms with van der Waals surface area (Å²) in [5.41, 5.74) is 2.77. The first-order chi connectivity index (χ1) is 10.3. The fourth-order valence-electron chi connectivity index (χ4n) is 2.43. The maximum Gasteiger partial charge on any atom is 0.213 e. The zero-order valence-corrected chi connectivity index (χ0v) is 11.6. The van der Waals surface area contributed by atoms with E-state index in [-0.39, 0.29) is 0 Å². The van der Waals surface area contributed by atoms with Crippen LogP contribution in [-0.4, -0.2) is 22.7 Å². The number of nitrogens with zero attached hydrogens (tertiary/aromatic N) is 3.